The van der Waals surface area contributed by atoms with E-state index in [9.17, 15) is 9.59 Å². The maximum atomic E-state index is 12.5. The van der Waals surface area contributed by atoms with Gasteiger partial charge in [-0.05, 0) is 18.9 Å². The molecule has 0 bridgehead atoms. The summed E-state index contributed by atoms with van der Waals surface area (Å²) in [5.41, 5.74) is 0.550. The molecule has 1 aromatic heterocycles. The normalized spacial score (nSPS) is 10.6. The lowest BCUT2D eigenvalue weighted by Crippen LogP contribution is -2.36. The van der Waals surface area contributed by atoms with E-state index in [0.717, 1.165) is 45.1 Å². The summed E-state index contributed by atoms with van der Waals surface area (Å²) in [6.07, 6.45) is 11.0. The van der Waals surface area contributed by atoms with Crippen LogP contribution >= 0.6 is 0 Å². The number of nitrogens with one attached hydrogen (secondary N) is 1. The van der Waals surface area contributed by atoms with Crippen LogP contribution in [0.4, 0.5) is 0 Å². The van der Waals surface area contributed by atoms with Gasteiger partial charge in [0.25, 0.3) is 5.91 Å². The molecule has 0 aliphatic heterocycles. The van der Waals surface area contributed by atoms with Crippen molar-refractivity contribution in [3.05, 3.63) is 24.2 Å². The Morgan fingerprint density at radius 3 is 2.46 bits per heavy atom. The lowest BCUT2D eigenvalue weighted by molar-refractivity contribution is -0.121. The van der Waals surface area contributed by atoms with Crippen LogP contribution in [0.5, 0.6) is 0 Å². The van der Waals surface area contributed by atoms with Gasteiger partial charge in [0.15, 0.2) is 0 Å². The summed E-state index contributed by atoms with van der Waals surface area (Å²) in [6, 6.07) is 1.67. The van der Waals surface area contributed by atoms with Crippen LogP contribution in [0.15, 0.2) is 23.0 Å². The first-order chi connectivity index (χ1) is 11.7. The summed E-state index contributed by atoms with van der Waals surface area (Å²) in [6.45, 7) is 6.17. The highest BCUT2D eigenvalue weighted by Crippen LogP contribution is 2.09. The van der Waals surface area contributed by atoms with E-state index in [4.69, 9.17) is 4.42 Å². The van der Waals surface area contributed by atoms with E-state index in [1.165, 1.54) is 18.9 Å². The lowest BCUT2D eigenvalue weighted by atomic mass is 10.2. The first-order valence-corrected chi connectivity index (χ1v) is 9.27. The molecule has 2 amide bonds. The van der Waals surface area contributed by atoms with Gasteiger partial charge in [-0.3, -0.25) is 9.59 Å². The van der Waals surface area contributed by atoms with Crippen LogP contribution in [0.3, 0.4) is 0 Å². The lowest BCUT2D eigenvalue weighted by Gasteiger charge is -2.22. The molecule has 0 radical (unpaired) electrons. The SMILES string of the molecule is CCCCCCN(CCC(=O)NCCCCC)C(=O)c1ccoc1. The highest BCUT2D eigenvalue weighted by Gasteiger charge is 2.17. The van der Waals surface area contributed by atoms with Crippen molar-refractivity contribution in [2.24, 2.45) is 0 Å². The molecule has 24 heavy (non-hydrogen) atoms. The zero-order chi connectivity index (χ0) is 17.6. The molecule has 5 heteroatoms. The van der Waals surface area contributed by atoms with Gasteiger partial charge in [0.1, 0.15) is 6.26 Å². The molecule has 0 saturated heterocycles. The van der Waals surface area contributed by atoms with Crippen molar-refractivity contribution in [3.8, 4) is 0 Å². The van der Waals surface area contributed by atoms with Crippen molar-refractivity contribution in [1.29, 1.82) is 0 Å². The van der Waals surface area contributed by atoms with Gasteiger partial charge in [-0.1, -0.05) is 46.0 Å². The van der Waals surface area contributed by atoms with Crippen LogP contribution in [0.1, 0.15) is 75.6 Å². The predicted octanol–water partition coefficient (Wildman–Crippen LogP) is 4.00. The van der Waals surface area contributed by atoms with E-state index >= 15 is 0 Å². The van der Waals surface area contributed by atoms with Gasteiger partial charge in [0.2, 0.25) is 5.91 Å². The molecule has 0 atom stereocenters. The van der Waals surface area contributed by atoms with Crippen molar-refractivity contribution < 1.29 is 14.0 Å². The van der Waals surface area contributed by atoms with Crippen molar-refractivity contribution in [3.63, 3.8) is 0 Å². The van der Waals surface area contributed by atoms with Gasteiger partial charge in [0, 0.05) is 26.1 Å². The first kappa shape index (κ1) is 20.3. The van der Waals surface area contributed by atoms with Crippen molar-refractivity contribution in [2.45, 2.75) is 65.2 Å². The molecule has 1 N–H and O–H groups in total. The van der Waals surface area contributed by atoms with Gasteiger partial charge >= 0.3 is 0 Å². The van der Waals surface area contributed by atoms with Gasteiger partial charge in [-0.2, -0.15) is 0 Å². The summed E-state index contributed by atoms with van der Waals surface area (Å²) in [5.74, 6) is -0.0383. The monoisotopic (exact) mass is 336 g/mol. The van der Waals surface area contributed by atoms with E-state index in [1.54, 1.807) is 11.0 Å². The number of amides is 2. The largest absolute Gasteiger partial charge is 0.472 e. The second-order valence-corrected chi connectivity index (χ2v) is 6.17. The molecule has 0 saturated carbocycles. The highest BCUT2D eigenvalue weighted by molar-refractivity contribution is 5.94. The molecule has 136 valence electrons. The minimum absolute atomic E-state index is 0.0182. The number of hydrogen-bond donors (Lipinski definition) is 1. The minimum atomic E-state index is -0.0565. The molecule has 0 aromatic carbocycles. The molecule has 0 spiro atoms. The number of nitrogens with zero attached hydrogens (tertiary/aromatic N) is 1. The standard InChI is InChI=1S/C19H32N2O3/c1-3-5-7-9-13-21(19(23)17-11-15-24-16-17)14-10-18(22)20-12-8-6-4-2/h11,15-16H,3-10,12-14H2,1-2H3,(H,20,22). The highest BCUT2D eigenvalue weighted by atomic mass is 16.3. The fourth-order valence-electron chi connectivity index (χ4n) is 2.54. The first-order valence-electron chi connectivity index (χ1n) is 9.27. The topological polar surface area (TPSA) is 62.6 Å². The number of rotatable bonds is 13. The Bertz CT molecular complexity index is 457. The van der Waals surface area contributed by atoms with E-state index in [-0.39, 0.29) is 11.8 Å². The maximum Gasteiger partial charge on any atom is 0.257 e. The van der Waals surface area contributed by atoms with E-state index < -0.39 is 0 Å². The van der Waals surface area contributed by atoms with Crippen molar-refractivity contribution in [1.82, 2.24) is 10.2 Å². The Kier molecular flexibility index (Phi) is 10.7. The Hall–Kier alpha value is -1.78. The van der Waals surface area contributed by atoms with Crippen molar-refractivity contribution >= 4 is 11.8 Å². The van der Waals surface area contributed by atoms with Gasteiger partial charge in [-0.15, -0.1) is 0 Å². The van der Waals surface area contributed by atoms with Gasteiger partial charge in [-0.25, -0.2) is 0 Å². The van der Waals surface area contributed by atoms with Crippen molar-refractivity contribution in [2.75, 3.05) is 19.6 Å². The molecule has 1 aromatic rings. The molecule has 0 fully saturated rings. The third-order valence-corrected chi connectivity index (χ3v) is 4.05. The Labute approximate surface area is 145 Å². The zero-order valence-electron chi connectivity index (χ0n) is 15.2. The fourth-order valence-corrected chi connectivity index (χ4v) is 2.54. The van der Waals surface area contributed by atoms with Gasteiger partial charge < -0.3 is 14.6 Å². The number of carbonyl (C=O) groups is 2. The third-order valence-electron chi connectivity index (χ3n) is 4.05. The van der Waals surface area contributed by atoms with E-state index in [1.807, 2.05) is 0 Å². The summed E-state index contributed by atoms with van der Waals surface area (Å²) < 4.78 is 5.00. The summed E-state index contributed by atoms with van der Waals surface area (Å²) in [4.78, 5) is 26.2. The second-order valence-electron chi connectivity index (χ2n) is 6.17. The van der Waals surface area contributed by atoms with Crippen LogP contribution < -0.4 is 5.32 Å². The van der Waals surface area contributed by atoms with Crippen LogP contribution in [-0.4, -0.2) is 36.3 Å². The summed E-state index contributed by atoms with van der Waals surface area (Å²) in [7, 11) is 0. The Morgan fingerprint density at radius 1 is 1.04 bits per heavy atom. The predicted molar refractivity (Wildman–Crippen MR) is 95.9 cm³/mol. The molecular formula is C19H32N2O3. The maximum absolute atomic E-state index is 12.5. The average Bonchev–Trinajstić information content (AvgIpc) is 3.12. The van der Waals surface area contributed by atoms with Crippen LogP contribution in [0.2, 0.25) is 0 Å². The number of unbranched alkanes of at least 4 members (excludes halogenated alkanes) is 5. The molecule has 1 heterocycles. The third kappa shape index (κ3) is 8.18. The number of carbonyl (C=O) groups excluding carboxylic acids is 2. The Balaban J connectivity index is 2.42. The summed E-state index contributed by atoms with van der Waals surface area (Å²) >= 11 is 0. The Morgan fingerprint density at radius 2 is 1.79 bits per heavy atom. The number of furan rings is 1. The van der Waals surface area contributed by atoms with Crippen LogP contribution in [-0.2, 0) is 4.79 Å². The average molecular weight is 336 g/mol. The van der Waals surface area contributed by atoms with E-state index in [0.29, 0.717) is 25.1 Å². The van der Waals surface area contributed by atoms with Crippen LogP contribution in [0, 0.1) is 0 Å². The molecular weight excluding hydrogens is 304 g/mol. The van der Waals surface area contributed by atoms with Gasteiger partial charge in [0.05, 0.1) is 11.8 Å². The summed E-state index contributed by atoms with van der Waals surface area (Å²) in [5, 5.41) is 2.93. The smallest absolute Gasteiger partial charge is 0.257 e. The second kappa shape index (κ2) is 12.6. The molecule has 0 aliphatic carbocycles. The zero-order valence-corrected chi connectivity index (χ0v) is 15.2. The quantitative estimate of drug-likeness (QED) is 0.554. The number of hydrogen-bond acceptors (Lipinski definition) is 3. The van der Waals surface area contributed by atoms with E-state index in [2.05, 4.69) is 19.2 Å². The molecule has 0 aliphatic rings. The molecule has 0 unspecified atom stereocenters. The van der Waals surface area contributed by atoms with Crippen LogP contribution in [0.25, 0.3) is 0 Å². The molecule has 1 rings (SSSR count). The minimum Gasteiger partial charge on any atom is -0.472 e. The fraction of sp³-hybridized carbons (Fsp3) is 0.684. The molecule has 5 nitrogen and oxygen atoms in total.